The molecule has 0 unspecified atom stereocenters. The SMILES string of the molecule is CN(C(=O)c1cccc(OCc2ccccc2)c1)C1CNC1.Cl. The Kier molecular flexibility index (Phi) is 6.02. The molecular weight excluding hydrogens is 312 g/mol. The molecule has 1 heterocycles. The van der Waals surface area contributed by atoms with Crippen molar-refractivity contribution in [2.24, 2.45) is 0 Å². The Morgan fingerprint density at radius 3 is 2.57 bits per heavy atom. The number of hydrogen-bond acceptors (Lipinski definition) is 3. The number of amides is 1. The highest BCUT2D eigenvalue weighted by atomic mass is 35.5. The van der Waals surface area contributed by atoms with E-state index in [4.69, 9.17) is 4.74 Å². The molecule has 0 bridgehead atoms. The van der Waals surface area contributed by atoms with Crippen LogP contribution in [0.4, 0.5) is 0 Å². The summed E-state index contributed by atoms with van der Waals surface area (Å²) in [7, 11) is 1.85. The summed E-state index contributed by atoms with van der Waals surface area (Å²) in [5.74, 6) is 0.756. The van der Waals surface area contributed by atoms with Crippen LogP contribution in [0.25, 0.3) is 0 Å². The van der Waals surface area contributed by atoms with E-state index in [9.17, 15) is 4.79 Å². The van der Waals surface area contributed by atoms with Crippen molar-refractivity contribution >= 4 is 18.3 Å². The maximum absolute atomic E-state index is 12.4. The third-order valence-corrected chi connectivity index (χ3v) is 3.96. The van der Waals surface area contributed by atoms with E-state index in [1.807, 2.05) is 61.6 Å². The first-order valence-corrected chi connectivity index (χ1v) is 7.49. The summed E-state index contributed by atoms with van der Waals surface area (Å²) in [4.78, 5) is 14.2. The first-order valence-electron chi connectivity index (χ1n) is 7.49. The third kappa shape index (κ3) is 4.24. The van der Waals surface area contributed by atoms with Crippen molar-refractivity contribution in [3.8, 4) is 5.75 Å². The largest absolute Gasteiger partial charge is 0.489 e. The molecule has 0 saturated carbocycles. The lowest BCUT2D eigenvalue weighted by Crippen LogP contribution is -2.57. The van der Waals surface area contributed by atoms with Crippen LogP contribution in [0.1, 0.15) is 15.9 Å². The van der Waals surface area contributed by atoms with Crippen LogP contribution in [-0.4, -0.2) is 37.0 Å². The topological polar surface area (TPSA) is 41.6 Å². The Morgan fingerprint density at radius 1 is 1.17 bits per heavy atom. The molecule has 1 amide bonds. The Hall–Kier alpha value is -2.04. The van der Waals surface area contributed by atoms with Gasteiger partial charge < -0.3 is 15.0 Å². The predicted octanol–water partition coefficient (Wildman–Crippen LogP) is 2.73. The second-order valence-corrected chi connectivity index (χ2v) is 5.53. The van der Waals surface area contributed by atoms with Crippen LogP contribution in [0.5, 0.6) is 5.75 Å². The number of carbonyl (C=O) groups excluding carboxylic acids is 1. The molecule has 1 aliphatic rings. The first kappa shape index (κ1) is 17.3. The van der Waals surface area contributed by atoms with Gasteiger partial charge in [-0.2, -0.15) is 0 Å². The Labute approximate surface area is 142 Å². The molecule has 4 nitrogen and oxygen atoms in total. The maximum atomic E-state index is 12.4. The molecule has 5 heteroatoms. The molecule has 3 rings (SSSR count). The summed E-state index contributed by atoms with van der Waals surface area (Å²) in [6, 6.07) is 17.7. The van der Waals surface area contributed by atoms with Gasteiger partial charge in [0.25, 0.3) is 5.91 Å². The van der Waals surface area contributed by atoms with Gasteiger partial charge in [0.05, 0.1) is 6.04 Å². The van der Waals surface area contributed by atoms with Crippen LogP contribution in [0.15, 0.2) is 54.6 Å². The van der Waals surface area contributed by atoms with E-state index in [0.29, 0.717) is 18.2 Å². The van der Waals surface area contributed by atoms with Gasteiger partial charge in [0.1, 0.15) is 12.4 Å². The average Bonchev–Trinajstić information content (AvgIpc) is 2.52. The van der Waals surface area contributed by atoms with Crippen LogP contribution < -0.4 is 10.1 Å². The number of hydrogen-bond donors (Lipinski definition) is 1. The van der Waals surface area contributed by atoms with E-state index in [1.54, 1.807) is 4.90 Å². The molecule has 23 heavy (non-hydrogen) atoms. The molecule has 1 fully saturated rings. The van der Waals surface area contributed by atoms with Crippen LogP contribution in [0.3, 0.4) is 0 Å². The molecule has 1 N–H and O–H groups in total. The minimum atomic E-state index is 0. The van der Waals surface area contributed by atoms with Gasteiger partial charge in [-0.1, -0.05) is 36.4 Å². The van der Waals surface area contributed by atoms with Crippen molar-refractivity contribution in [2.45, 2.75) is 12.6 Å². The fraction of sp³-hybridized carbons (Fsp3) is 0.278. The van der Waals surface area contributed by atoms with Gasteiger partial charge in [-0.15, -0.1) is 12.4 Å². The summed E-state index contributed by atoms with van der Waals surface area (Å²) in [6.07, 6.45) is 0. The number of rotatable bonds is 5. The third-order valence-electron chi connectivity index (χ3n) is 3.96. The number of halogens is 1. The molecule has 1 saturated heterocycles. The van der Waals surface area contributed by atoms with Crippen LogP contribution >= 0.6 is 12.4 Å². The van der Waals surface area contributed by atoms with Gasteiger partial charge in [-0.05, 0) is 23.8 Å². The van der Waals surface area contributed by atoms with Crippen LogP contribution in [-0.2, 0) is 6.61 Å². The molecule has 122 valence electrons. The monoisotopic (exact) mass is 332 g/mol. The lowest BCUT2D eigenvalue weighted by molar-refractivity contribution is 0.0680. The van der Waals surface area contributed by atoms with Crippen LogP contribution in [0.2, 0.25) is 0 Å². The van der Waals surface area contributed by atoms with Gasteiger partial charge in [0.2, 0.25) is 0 Å². The second-order valence-electron chi connectivity index (χ2n) is 5.53. The molecule has 0 aliphatic carbocycles. The number of carbonyl (C=O) groups is 1. The van der Waals surface area contributed by atoms with E-state index in [0.717, 1.165) is 24.4 Å². The van der Waals surface area contributed by atoms with E-state index in [1.165, 1.54) is 0 Å². The molecule has 0 atom stereocenters. The van der Waals surface area contributed by atoms with Crippen molar-refractivity contribution in [2.75, 3.05) is 20.1 Å². The van der Waals surface area contributed by atoms with Gasteiger partial charge in [-0.25, -0.2) is 0 Å². The number of benzene rings is 2. The Bertz CT molecular complexity index is 644. The van der Waals surface area contributed by atoms with Gasteiger partial charge in [0.15, 0.2) is 0 Å². The number of ether oxygens (including phenoxy) is 1. The summed E-state index contributed by atoms with van der Waals surface area (Å²) in [5.41, 5.74) is 1.77. The van der Waals surface area contributed by atoms with Gasteiger partial charge in [-0.3, -0.25) is 4.79 Å². The maximum Gasteiger partial charge on any atom is 0.254 e. The van der Waals surface area contributed by atoms with Crippen molar-refractivity contribution in [3.63, 3.8) is 0 Å². The van der Waals surface area contributed by atoms with E-state index < -0.39 is 0 Å². The number of nitrogens with zero attached hydrogens (tertiary/aromatic N) is 1. The predicted molar refractivity (Wildman–Crippen MR) is 93.2 cm³/mol. The highest BCUT2D eigenvalue weighted by Crippen LogP contribution is 2.17. The normalized spacial score (nSPS) is 13.6. The quantitative estimate of drug-likeness (QED) is 0.915. The Morgan fingerprint density at radius 2 is 1.91 bits per heavy atom. The smallest absolute Gasteiger partial charge is 0.254 e. The molecule has 0 radical (unpaired) electrons. The lowest BCUT2D eigenvalue weighted by Gasteiger charge is -2.35. The standard InChI is InChI=1S/C18H20N2O2.ClH/c1-20(16-11-19-12-16)18(21)15-8-5-9-17(10-15)22-13-14-6-3-2-4-7-14;/h2-10,16,19H,11-13H2,1H3;1H. The minimum absolute atomic E-state index is 0. The van der Waals surface area contributed by atoms with Crippen molar-refractivity contribution in [3.05, 3.63) is 65.7 Å². The zero-order valence-electron chi connectivity index (χ0n) is 13.1. The minimum Gasteiger partial charge on any atom is -0.489 e. The van der Waals surface area contributed by atoms with E-state index >= 15 is 0 Å². The van der Waals surface area contributed by atoms with Gasteiger partial charge >= 0.3 is 0 Å². The first-order chi connectivity index (χ1) is 10.7. The molecular formula is C18H21ClN2O2. The van der Waals surface area contributed by atoms with Crippen LogP contribution in [0, 0.1) is 0 Å². The number of likely N-dealkylation sites (N-methyl/N-ethyl adjacent to an activating group) is 1. The van der Waals surface area contributed by atoms with Crippen molar-refractivity contribution < 1.29 is 9.53 Å². The summed E-state index contributed by atoms with van der Waals surface area (Å²) < 4.78 is 5.78. The van der Waals surface area contributed by atoms with E-state index in [2.05, 4.69) is 5.32 Å². The fourth-order valence-corrected chi connectivity index (χ4v) is 2.38. The van der Waals surface area contributed by atoms with Crippen molar-refractivity contribution in [1.29, 1.82) is 0 Å². The lowest BCUT2D eigenvalue weighted by atomic mass is 10.1. The summed E-state index contributed by atoms with van der Waals surface area (Å²) in [6.45, 7) is 2.24. The molecule has 2 aromatic carbocycles. The molecule has 2 aromatic rings. The zero-order chi connectivity index (χ0) is 15.4. The summed E-state index contributed by atoms with van der Waals surface area (Å²) in [5, 5.41) is 3.18. The number of nitrogens with one attached hydrogen (secondary N) is 1. The fourth-order valence-electron chi connectivity index (χ4n) is 2.38. The highest BCUT2D eigenvalue weighted by Gasteiger charge is 2.26. The zero-order valence-corrected chi connectivity index (χ0v) is 13.9. The summed E-state index contributed by atoms with van der Waals surface area (Å²) >= 11 is 0. The molecule has 0 aromatic heterocycles. The second kappa shape index (κ2) is 7.99. The van der Waals surface area contributed by atoms with Crippen molar-refractivity contribution in [1.82, 2.24) is 10.2 Å². The highest BCUT2D eigenvalue weighted by molar-refractivity contribution is 5.94. The molecule has 1 aliphatic heterocycles. The average molecular weight is 333 g/mol. The molecule has 0 spiro atoms. The van der Waals surface area contributed by atoms with E-state index in [-0.39, 0.29) is 18.3 Å². The Balaban J connectivity index is 0.00000192. The van der Waals surface area contributed by atoms with Gasteiger partial charge in [0, 0.05) is 25.7 Å².